The number of nitrogens with zero attached hydrogens (tertiary/aromatic N) is 2. The number of amides is 1. The van der Waals surface area contributed by atoms with E-state index in [2.05, 4.69) is 10.3 Å². The number of aromatic nitrogens is 2. The average molecular weight is 395 g/mol. The molecule has 1 aromatic heterocycles. The Kier molecular flexibility index (Phi) is 5.00. The van der Waals surface area contributed by atoms with Gasteiger partial charge in [-0.2, -0.15) is 4.98 Å². The Morgan fingerprint density at radius 3 is 2.61 bits per heavy atom. The first-order valence-corrected chi connectivity index (χ1v) is 9.85. The van der Waals surface area contributed by atoms with Gasteiger partial charge in [0.15, 0.2) is 5.16 Å². The third-order valence-electron chi connectivity index (χ3n) is 4.79. The van der Waals surface area contributed by atoms with Crippen molar-refractivity contribution in [1.29, 1.82) is 0 Å². The fourth-order valence-corrected chi connectivity index (χ4v) is 4.33. The van der Waals surface area contributed by atoms with Crippen LogP contribution in [0.5, 0.6) is 0 Å². The lowest BCUT2D eigenvalue weighted by Gasteiger charge is -2.27. The zero-order chi connectivity index (χ0) is 19.7. The Labute approximate surface area is 165 Å². The highest BCUT2D eigenvalue weighted by Crippen LogP contribution is 2.36. The molecule has 1 N–H and O–H groups in total. The molecule has 3 aromatic rings. The van der Waals surface area contributed by atoms with Crippen molar-refractivity contribution in [2.24, 2.45) is 7.05 Å². The first kappa shape index (κ1) is 18.4. The molecule has 1 unspecified atom stereocenters. The predicted octanol–water partition coefficient (Wildman–Crippen LogP) is 3.69. The maximum atomic E-state index is 14.4. The van der Waals surface area contributed by atoms with E-state index in [0.29, 0.717) is 27.9 Å². The molecule has 142 valence electrons. The Bertz CT molecular complexity index is 1100. The molecule has 4 rings (SSSR count). The van der Waals surface area contributed by atoms with Crippen molar-refractivity contribution in [3.05, 3.63) is 87.5 Å². The molecule has 2 heterocycles. The largest absolute Gasteiger partial charge is 0.312 e. The van der Waals surface area contributed by atoms with Gasteiger partial charge in [-0.3, -0.25) is 9.59 Å². The van der Waals surface area contributed by atoms with Crippen LogP contribution in [-0.4, -0.2) is 15.5 Å². The van der Waals surface area contributed by atoms with Gasteiger partial charge in [-0.1, -0.05) is 60.3 Å². The van der Waals surface area contributed by atoms with Gasteiger partial charge in [0, 0.05) is 25.1 Å². The van der Waals surface area contributed by atoms with Crippen molar-refractivity contribution >= 4 is 23.5 Å². The van der Waals surface area contributed by atoms with Crippen LogP contribution in [-0.2, 0) is 17.6 Å². The summed E-state index contributed by atoms with van der Waals surface area (Å²) in [5.41, 5.74) is 1.34. The van der Waals surface area contributed by atoms with Crippen LogP contribution in [0.25, 0.3) is 0 Å². The highest BCUT2D eigenvalue weighted by atomic mass is 32.2. The minimum Gasteiger partial charge on any atom is -0.312 e. The Hall–Kier alpha value is -2.93. The molecule has 5 nitrogen and oxygen atoms in total. The molecule has 0 aliphatic carbocycles. The molecule has 0 bridgehead atoms. The van der Waals surface area contributed by atoms with Gasteiger partial charge in [-0.25, -0.2) is 4.39 Å². The van der Waals surface area contributed by atoms with E-state index < -0.39 is 17.3 Å². The lowest BCUT2D eigenvalue weighted by atomic mass is 9.86. The topological polar surface area (TPSA) is 64.0 Å². The molecule has 7 heteroatoms. The third kappa shape index (κ3) is 3.45. The lowest BCUT2D eigenvalue weighted by molar-refractivity contribution is -0.116. The summed E-state index contributed by atoms with van der Waals surface area (Å²) in [7, 11) is 1.75. The lowest BCUT2D eigenvalue weighted by Crippen LogP contribution is -2.33. The normalized spacial score (nSPS) is 15.8. The van der Waals surface area contributed by atoms with E-state index >= 15 is 0 Å². The number of hydrogen-bond donors (Lipinski definition) is 1. The van der Waals surface area contributed by atoms with Crippen LogP contribution < -0.4 is 10.9 Å². The van der Waals surface area contributed by atoms with Gasteiger partial charge >= 0.3 is 0 Å². The summed E-state index contributed by atoms with van der Waals surface area (Å²) in [6, 6.07) is 16.1. The summed E-state index contributed by atoms with van der Waals surface area (Å²) in [6.07, 6.45) is 0.0152. The van der Waals surface area contributed by atoms with Crippen LogP contribution in [0.1, 0.15) is 29.0 Å². The molecule has 0 saturated heterocycles. The van der Waals surface area contributed by atoms with Crippen LogP contribution in [0.3, 0.4) is 0 Å². The van der Waals surface area contributed by atoms with E-state index in [0.717, 1.165) is 5.56 Å². The molecule has 1 atom stereocenters. The standard InChI is InChI=1S/C21H18FN3O2S/c1-25-19-18(15(11-17(26)23-19)14-9-5-6-10-16(14)22)20(27)24-21(25)28-12-13-7-3-2-4-8-13/h2-10,15H,11-12H2,1H3,(H,23,26). The maximum absolute atomic E-state index is 14.4. The Morgan fingerprint density at radius 2 is 1.86 bits per heavy atom. The smallest absolute Gasteiger partial charge is 0.279 e. The molecule has 28 heavy (non-hydrogen) atoms. The summed E-state index contributed by atoms with van der Waals surface area (Å²) >= 11 is 1.42. The number of anilines is 1. The van der Waals surface area contributed by atoms with Crippen LogP contribution in [0, 0.1) is 5.82 Å². The number of benzene rings is 2. The first-order valence-electron chi connectivity index (χ1n) is 8.86. The summed E-state index contributed by atoms with van der Waals surface area (Å²) in [5.74, 6) is -0.298. The second kappa shape index (κ2) is 7.59. The zero-order valence-electron chi connectivity index (χ0n) is 15.2. The van der Waals surface area contributed by atoms with Crippen molar-refractivity contribution in [1.82, 2.24) is 9.55 Å². The van der Waals surface area contributed by atoms with E-state index in [1.165, 1.54) is 17.8 Å². The van der Waals surface area contributed by atoms with Gasteiger partial charge in [0.25, 0.3) is 5.56 Å². The molecule has 1 aliphatic heterocycles. The monoisotopic (exact) mass is 395 g/mol. The number of thioether (sulfide) groups is 1. The minimum absolute atomic E-state index is 0.0152. The summed E-state index contributed by atoms with van der Waals surface area (Å²) < 4.78 is 16.1. The van der Waals surface area contributed by atoms with Crippen molar-refractivity contribution in [3.63, 3.8) is 0 Å². The van der Waals surface area contributed by atoms with Gasteiger partial charge in [-0.05, 0) is 17.2 Å². The number of hydrogen-bond acceptors (Lipinski definition) is 4. The van der Waals surface area contributed by atoms with Crippen molar-refractivity contribution in [2.75, 3.05) is 5.32 Å². The number of halogens is 1. The molecule has 0 fully saturated rings. The molecular formula is C21H18FN3O2S. The van der Waals surface area contributed by atoms with E-state index in [-0.39, 0.29) is 12.3 Å². The summed E-state index contributed by atoms with van der Waals surface area (Å²) in [5, 5.41) is 3.28. The molecule has 1 aliphatic rings. The highest BCUT2D eigenvalue weighted by Gasteiger charge is 2.33. The highest BCUT2D eigenvalue weighted by molar-refractivity contribution is 7.98. The summed E-state index contributed by atoms with van der Waals surface area (Å²) in [4.78, 5) is 29.4. The second-order valence-corrected chi connectivity index (χ2v) is 7.56. The second-order valence-electron chi connectivity index (χ2n) is 6.62. The van der Waals surface area contributed by atoms with Crippen LogP contribution >= 0.6 is 11.8 Å². The average Bonchev–Trinajstić information content (AvgIpc) is 2.70. The predicted molar refractivity (Wildman–Crippen MR) is 107 cm³/mol. The van der Waals surface area contributed by atoms with E-state index in [4.69, 9.17) is 0 Å². The van der Waals surface area contributed by atoms with E-state index in [1.54, 1.807) is 29.8 Å². The molecule has 0 radical (unpaired) electrons. The number of carbonyl (C=O) groups is 1. The Balaban J connectivity index is 1.75. The fourth-order valence-electron chi connectivity index (χ4n) is 3.41. The van der Waals surface area contributed by atoms with Crippen LogP contribution in [0.4, 0.5) is 10.2 Å². The van der Waals surface area contributed by atoms with Gasteiger partial charge < -0.3 is 9.88 Å². The number of nitrogens with one attached hydrogen (secondary N) is 1. The number of fused-ring (bicyclic) bond motifs is 1. The molecular weight excluding hydrogens is 377 g/mol. The van der Waals surface area contributed by atoms with Gasteiger partial charge in [0.05, 0.1) is 5.56 Å². The number of rotatable bonds is 4. The van der Waals surface area contributed by atoms with Crippen molar-refractivity contribution in [3.8, 4) is 0 Å². The molecule has 1 amide bonds. The first-order chi connectivity index (χ1) is 13.5. The quantitative estimate of drug-likeness (QED) is 0.541. The maximum Gasteiger partial charge on any atom is 0.279 e. The fraction of sp³-hybridized carbons (Fsp3) is 0.190. The summed E-state index contributed by atoms with van der Waals surface area (Å²) in [6.45, 7) is 0. The van der Waals surface area contributed by atoms with Crippen molar-refractivity contribution < 1.29 is 9.18 Å². The third-order valence-corrected chi connectivity index (χ3v) is 5.89. The molecule has 0 spiro atoms. The molecule has 0 saturated carbocycles. The van der Waals surface area contributed by atoms with Gasteiger partial charge in [0.2, 0.25) is 5.91 Å². The van der Waals surface area contributed by atoms with Gasteiger partial charge in [0.1, 0.15) is 11.6 Å². The van der Waals surface area contributed by atoms with Crippen LogP contribution in [0.15, 0.2) is 64.5 Å². The number of carbonyl (C=O) groups excluding carboxylic acids is 1. The van der Waals surface area contributed by atoms with Crippen molar-refractivity contribution in [2.45, 2.75) is 23.2 Å². The zero-order valence-corrected chi connectivity index (χ0v) is 16.0. The molecule has 2 aromatic carbocycles. The van der Waals surface area contributed by atoms with Crippen LogP contribution in [0.2, 0.25) is 0 Å². The Morgan fingerprint density at radius 1 is 1.14 bits per heavy atom. The van der Waals surface area contributed by atoms with Gasteiger partial charge in [-0.15, -0.1) is 0 Å². The van der Waals surface area contributed by atoms with E-state index in [9.17, 15) is 14.0 Å². The SMILES string of the molecule is Cn1c(SCc2ccccc2)nc(=O)c2c1NC(=O)CC2c1ccccc1F. The minimum atomic E-state index is -0.649. The van der Waals surface area contributed by atoms with E-state index in [1.807, 2.05) is 30.3 Å².